The van der Waals surface area contributed by atoms with Gasteiger partial charge in [0.05, 0.1) is 37.1 Å². The molecule has 0 atom stereocenters. The highest BCUT2D eigenvalue weighted by Gasteiger charge is 2.21. The number of fused-ring (bicyclic) bond motifs is 1. The normalized spacial score (nSPS) is 14.3. The maximum atomic E-state index is 9.51. The molecule has 0 spiro atoms. The molecule has 3 rings (SSSR count). The second-order valence-corrected chi connectivity index (χ2v) is 8.06. The SMILES string of the molecule is C=C(/N=C(\ON)c1cnc(OCCC)c(C#N)c1)c1ccc2c(c1)CCN(C(CO)CO)CC2. The number of ether oxygens (including phenoxy) is 1. The van der Waals surface area contributed by atoms with E-state index in [2.05, 4.69) is 33.6 Å². The van der Waals surface area contributed by atoms with Crippen LogP contribution in [0.15, 0.2) is 42.0 Å². The van der Waals surface area contributed by atoms with Crippen molar-refractivity contribution in [2.45, 2.75) is 32.2 Å². The van der Waals surface area contributed by atoms with Crippen molar-refractivity contribution >= 4 is 11.6 Å². The van der Waals surface area contributed by atoms with E-state index in [9.17, 15) is 15.5 Å². The first-order chi connectivity index (χ1) is 16.5. The Morgan fingerprint density at radius 2 is 1.97 bits per heavy atom. The molecule has 1 aliphatic rings. The lowest BCUT2D eigenvalue weighted by Gasteiger charge is -2.27. The van der Waals surface area contributed by atoms with Crippen molar-refractivity contribution in [3.8, 4) is 11.9 Å². The number of nitriles is 1. The van der Waals surface area contributed by atoms with Gasteiger partial charge in [-0.2, -0.15) is 11.2 Å². The Morgan fingerprint density at radius 3 is 2.62 bits per heavy atom. The van der Waals surface area contributed by atoms with Gasteiger partial charge < -0.3 is 19.8 Å². The monoisotopic (exact) mass is 465 g/mol. The minimum atomic E-state index is -0.247. The molecule has 1 aromatic heterocycles. The number of aliphatic imine (C=N–C) groups is 1. The third-order valence-corrected chi connectivity index (χ3v) is 5.82. The summed E-state index contributed by atoms with van der Waals surface area (Å²) in [7, 11) is 0. The summed E-state index contributed by atoms with van der Waals surface area (Å²) in [4.78, 5) is 15.8. The zero-order valence-electron chi connectivity index (χ0n) is 19.4. The van der Waals surface area contributed by atoms with Crippen LogP contribution in [0, 0.1) is 11.3 Å². The van der Waals surface area contributed by atoms with Gasteiger partial charge in [0.1, 0.15) is 11.6 Å². The molecule has 0 saturated carbocycles. The van der Waals surface area contributed by atoms with E-state index in [1.165, 1.54) is 17.3 Å². The summed E-state index contributed by atoms with van der Waals surface area (Å²) in [5.74, 6) is 5.83. The van der Waals surface area contributed by atoms with Crippen molar-refractivity contribution in [2.75, 3.05) is 32.9 Å². The Bertz CT molecular complexity index is 1080. The van der Waals surface area contributed by atoms with Crippen LogP contribution in [-0.4, -0.2) is 64.9 Å². The summed E-state index contributed by atoms with van der Waals surface area (Å²) in [5, 5.41) is 28.5. The van der Waals surface area contributed by atoms with Crippen LogP contribution in [0.25, 0.3) is 5.70 Å². The molecule has 0 radical (unpaired) electrons. The number of nitrogens with zero attached hydrogens (tertiary/aromatic N) is 4. The molecular weight excluding hydrogens is 434 g/mol. The van der Waals surface area contributed by atoms with Crippen LogP contribution in [-0.2, 0) is 17.7 Å². The smallest absolute Gasteiger partial charge is 0.246 e. The average molecular weight is 466 g/mol. The third kappa shape index (κ3) is 5.98. The maximum Gasteiger partial charge on any atom is 0.246 e. The van der Waals surface area contributed by atoms with E-state index in [0.29, 0.717) is 17.9 Å². The predicted molar refractivity (Wildman–Crippen MR) is 129 cm³/mol. The summed E-state index contributed by atoms with van der Waals surface area (Å²) >= 11 is 0. The van der Waals surface area contributed by atoms with Crippen LogP contribution in [0.3, 0.4) is 0 Å². The molecule has 0 saturated heterocycles. The van der Waals surface area contributed by atoms with Gasteiger partial charge in [0.2, 0.25) is 11.8 Å². The molecule has 2 aromatic rings. The van der Waals surface area contributed by atoms with Crippen LogP contribution in [0.5, 0.6) is 5.88 Å². The van der Waals surface area contributed by atoms with Crippen LogP contribution in [0.4, 0.5) is 0 Å². The molecule has 9 nitrogen and oxygen atoms in total. The lowest BCUT2D eigenvalue weighted by atomic mass is 9.99. The van der Waals surface area contributed by atoms with Crippen LogP contribution in [0.1, 0.15) is 41.2 Å². The number of hydrogen-bond acceptors (Lipinski definition) is 9. The van der Waals surface area contributed by atoms with Gasteiger partial charge in [-0.25, -0.2) is 9.98 Å². The summed E-state index contributed by atoms with van der Waals surface area (Å²) in [6.07, 6.45) is 3.91. The zero-order chi connectivity index (χ0) is 24.5. The first kappa shape index (κ1) is 25.3. The van der Waals surface area contributed by atoms with E-state index in [1.807, 2.05) is 19.1 Å². The van der Waals surface area contributed by atoms with Crippen molar-refractivity contribution in [1.29, 1.82) is 5.26 Å². The van der Waals surface area contributed by atoms with Gasteiger partial charge >= 0.3 is 0 Å². The topological polar surface area (TPSA) is 137 Å². The van der Waals surface area contributed by atoms with Crippen molar-refractivity contribution in [1.82, 2.24) is 9.88 Å². The van der Waals surface area contributed by atoms with E-state index in [1.54, 1.807) is 6.07 Å². The molecule has 9 heteroatoms. The molecule has 1 aromatic carbocycles. The van der Waals surface area contributed by atoms with E-state index in [0.717, 1.165) is 37.9 Å². The molecule has 2 heterocycles. The molecule has 4 N–H and O–H groups in total. The van der Waals surface area contributed by atoms with Crippen molar-refractivity contribution in [3.05, 3.63) is 64.9 Å². The average Bonchev–Trinajstić information content (AvgIpc) is 3.09. The Kier molecular flexibility index (Phi) is 9.13. The molecule has 0 unspecified atom stereocenters. The first-order valence-electron chi connectivity index (χ1n) is 11.3. The number of rotatable bonds is 9. The van der Waals surface area contributed by atoms with Crippen LogP contribution >= 0.6 is 0 Å². The van der Waals surface area contributed by atoms with Crippen LogP contribution < -0.4 is 10.6 Å². The lowest BCUT2D eigenvalue weighted by Crippen LogP contribution is -2.42. The van der Waals surface area contributed by atoms with E-state index >= 15 is 0 Å². The second-order valence-electron chi connectivity index (χ2n) is 8.06. The van der Waals surface area contributed by atoms with Crippen molar-refractivity contribution in [3.63, 3.8) is 0 Å². The summed E-state index contributed by atoms with van der Waals surface area (Å²) < 4.78 is 5.50. The molecule has 180 valence electrons. The Morgan fingerprint density at radius 1 is 1.24 bits per heavy atom. The van der Waals surface area contributed by atoms with Gasteiger partial charge in [0.25, 0.3) is 0 Å². The van der Waals surface area contributed by atoms with Gasteiger partial charge in [-0.15, -0.1) is 0 Å². The number of pyridine rings is 1. The maximum absolute atomic E-state index is 9.51. The third-order valence-electron chi connectivity index (χ3n) is 5.82. The summed E-state index contributed by atoms with van der Waals surface area (Å²) in [6, 6.07) is 9.45. The fourth-order valence-corrected chi connectivity index (χ4v) is 3.88. The lowest BCUT2D eigenvalue weighted by molar-refractivity contribution is 0.0769. The zero-order valence-corrected chi connectivity index (χ0v) is 19.4. The largest absolute Gasteiger partial charge is 0.477 e. The number of aliphatic hydroxyl groups excluding tert-OH is 2. The number of benzene rings is 1. The fraction of sp³-hybridized carbons (Fsp3) is 0.400. The number of nitrogens with two attached hydrogens (primary N) is 1. The Labute approximate surface area is 199 Å². The fourth-order valence-electron chi connectivity index (χ4n) is 3.88. The molecular formula is C25H31N5O4. The molecule has 34 heavy (non-hydrogen) atoms. The number of hydrogen-bond donors (Lipinski definition) is 3. The highest BCUT2D eigenvalue weighted by Crippen LogP contribution is 2.24. The summed E-state index contributed by atoms with van der Waals surface area (Å²) in [5.41, 5.74) is 4.37. The molecule has 0 fully saturated rings. The van der Waals surface area contributed by atoms with Gasteiger partial charge in [-0.1, -0.05) is 25.6 Å². The highest BCUT2D eigenvalue weighted by molar-refractivity contribution is 5.97. The quantitative estimate of drug-likeness (QED) is 0.290. The predicted octanol–water partition coefficient (Wildman–Crippen LogP) is 1.80. The highest BCUT2D eigenvalue weighted by atomic mass is 16.6. The van der Waals surface area contributed by atoms with Gasteiger partial charge in [0.15, 0.2) is 0 Å². The minimum Gasteiger partial charge on any atom is -0.477 e. The molecule has 1 aliphatic heterocycles. The van der Waals surface area contributed by atoms with Crippen molar-refractivity contribution < 1.29 is 19.8 Å². The van der Waals surface area contributed by atoms with Gasteiger partial charge in [-0.3, -0.25) is 4.90 Å². The van der Waals surface area contributed by atoms with Crippen molar-refractivity contribution in [2.24, 2.45) is 10.9 Å². The molecule has 0 aliphatic carbocycles. The van der Waals surface area contributed by atoms with E-state index in [4.69, 9.17) is 15.5 Å². The standard InChI is InChI=1S/C25H31N5O4/c1-3-10-33-24-21(13-26)12-22(14-28-24)25(34-27)29-17(2)19-5-4-18-6-8-30(23(15-31)16-32)9-7-20(18)11-19/h4-5,11-12,14,23,31-32H,2-3,6-10,15-16,27H2,1H3/b29-25-. The number of aliphatic hydroxyl groups is 2. The van der Waals surface area contributed by atoms with Crippen LogP contribution in [0.2, 0.25) is 0 Å². The summed E-state index contributed by atoms with van der Waals surface area (Å²) in [6.45, 7) is 7.88. The first-order valence-corrected chi connectivity index (χ1v) is 11.3. The Balaban J connectivity index is 1.81. The van der Waals surface area contributed by atoms with E-state index < -0.39 is 0 Å². The van der Waals surface area contributed by atoms with Gasteiger partial charge in [-0.05, 0) is 48.1 Å². The molecule has 0 bridgehead atoms. The Hall–Kier alpha value is -3.29. The number of aromatic nitrogens is 1. The second kappa shape index (κ2) is 12.3. The minimum absolute atomic E-state index is 0.0699. The van der Waals surface area contributed by atoms with E-state index in [-0.39, 0.29) is 36.6 Å². The molecule has 0 amide bonds. The van der Waals surface area contributed by atoms with Gasteiger partial charge in [0, 0.05) is 19.3 Å².